The van der Waals surface area contributed by atoms with E-state index in [4.69, 9.17) is 5.73 Å². The Morgan fingerprint density at radius 3 is 2.57 bits per heavy atom. The Morgan fingerprint density at radius 2 is 2.07 bits per heavy atom. The highest BCUT2D eigenvalue weighted by molar-refractivity contribution is 9.10. The van der Waals surface area contributed by atoms with Crippen LogP contribution in [0.25, 0.3) is 0 Å². The molecule has 0 radical (unpaired) electrons. The topological polar surface area (TPSA) is 46.2 Å². The van der Waals surface area contributed by atoms with Crippen molar-refractivity contribution in [1.82, 2.24) is 0 Å². The van der Waals surface area contributed by atoms with Crippen molar-refractivity contribution in [3.8, 4) is 0 Å². The van der Waals surface area contributed by atoms with Gasteiger partial charge >= 0.3 is 0 Å². The fourth-order valence-corrected chi connectivity index (χ4v) is 2.02. The minimum atomic E-state index is -0.476. The Kier molecular flexibility index (Phi) is 4.11. The molecule has 0 aromatic heterocycles. The van der Waals surface area contributed by atoms with E-state index in [-0.39, 0.29) is 5.92 Å². The van der Waals surface area contributed by atoms with Crippen LogP contribution in [-0.4, -0.2) is 11.7 Å². The standard InChI is InChI=1S/C11H16BrNO/c1-7-3-9(5-10(12)4-7)11(14)8(2)6-13/h3-5,8,11,14H,6,13H2,1-2H3. The molecule has 0 aliphatic carbocycles. The number of aryl methyl sites for hydroxylation is 1. The summed E-state index contributed by atoms with van der Waals surface area (Å²) >= 11 is 3.41. The van der Waals surface area contributed by atoms with Gasteiger partial charge in [0, 0.05) is 4.47 Å². The molecule has 2 nitrogen and oxygen atoms in total. The number of nitrogens with two attached hydrogens (primary N) is 1. The van der Waals surface area contributed by atoms with E-state index < -0.39 is 6.10 Å². The number of halogens is 1. The highest BCUT2D eigenvalue weighted by Gasteiger charge is 2.15. The highest BCUT2D eigenvalue weighted by Crippen LogP contribution is 2.25. The van der Waals surface area contributed by atoms with Crippen LogP contribution in [0.1, 0.15) is 24.2 Å². The maximum Gasteiger partial charge on any atom is 0.0828 e. The quantitative estimate of drug-likeness (QED) is 0.874. The zero-order valence-electron chi connectivity index (χ0n) is 8.50. The number of hydrogen-bond acceptors (Lipinski definition) is 2. The van der Waals surface area contributed by atoms with Crippen molar-refractivity contribution in [2.75, 3.05) is 6.54 Å². The summed E-state index contributed by atoms with van der Waals surface area (Å²) in [4.78, 5) is 0. The van der Waals surface area contributed by atoms with Crippen LogP contribution in [0.15, 0.2) is 22.7 Å². The fourth-order valence-electron chi connectivity index (χ4n) is 1.39. The van der Waals surface area contributed by atoms with Gasteiger partial charge in [0.1, 0.15) is 0 Å². The third-order valence-corrected chi connectivity index (χ3v) is 2.77. The molecule has 0 aliphatic rings. The van der Waals surface area contributed by atoms with Gasteiger partial charge in [0.25, 0.3) is 0 Å². The summed E-state index contributed by atoms with van der Waals surface area (Å²) in [5.41, 5.74) is 7.58. The highest BCUT2D eigenvalue weighted by atomic mass is 79.9. The maximum absolute atomic E-state index is 9.94. The first-order chi connectivity index (χ1) is 6.54. The van der Waals surface area contributed by atoms with Crippen molar-refractivity contribution in [3.63, 3.8) is 0 Å². The van der Waals surface area contributed by atoms with Crippen molar-refractivity contribution in [3.05, 3.63) is 33.8 Å². The van der Waals surface area contributed by atoms with Gasteiger partial charge in [-0.15, -0.1) is 0 Å². The van der Waals surface area contributed by atoms with Crippen LogP contribution in [0.3, 0.4) is 0 Å². The Bertz CT molecular complexity index is 294. The first-order valence-electron chi connectivity index (χ1n) is 4.70. The average molecular weight is 258 g/mol. The molecule has 0 bridgehead atoms. The van der Waals surface area contributed by atoms with E-state index in [0.29, 0.717) is 6.54 Å². The van der Waals surface area contributed by atoms with Crippen LogP contribution in [-0.2, 0) is 0 Å². The number of aliphatic hydroxyl groups excluding tert-OH is 1. The van der Waals surface area contributed by atoms with Crippen LogP contribution in [0.5, 0.6) is 0 Å². The van der Waals surface area contributed by atoms with Gasteiger partial charge < -0.3 is 10.8 Å². The second kappa shape index (κ2) is 4.91. The van der Waals surface area contributed by atoms with Crippen LogP contribution in [0, 0.1) is 12.8 Å². The van der Waals surface area contributed by atoms with Crippen molar-refractivity contribution in [1.29, 1.82) is 0 Å². The second-order valence-electron chi connectivity index (χ2n) is 3.72. The van der Waals surface area contributed by atoms with Gasteiger partial charge in [-0.2, -0.15) is 0 Å². The molecule has 0 heterocycles. The number of benzene rings is 1. The molecule has 3 heteroatoms. The van der Waals surface area contributed by atoms with Gasteiger partial charge in [-0.1, -0.05) is 28.9 Å². The molecule has 0 saturated heterocycles. The molecule has 0 aliphatic heterocycles. The minimum Gasteiger partial charge on any atom is -0.388 e. The first-order valence-corrected chi connectivity index (χ1v) is 5.49. The fraction of sp³-hybridized carbons (Fsp3) is 0.455. The van der Waals surface area contributed by atoms with Crippen LogP contribution < -0.4 is 5.73 Å². The summed E-state index contributed by atoms with van der Waals surface area (Å²) in [7, 11) is 0. The van der Waals surface area contributed by atoms with Crippen LogP contribution in [0.4, 0.5) is 0 Å². The van der Waals surface area contributed by atoms with Gasteiger partial charge in [0.05, 0.1) is 6.10 Å². The van der Waals surface area contributed by atoms with E-state index in [1.165, 1.54) is 0 Å². The number of aliphatic hydroxyl groups is 1. The Hall–Kier alpha value is -0.380. The lowest BCUT2D eigenvalue weighted by Crippen LogP contribution is -2.18. The van der Waals surface area contributed by atoms with Gasteiger partial charge in [-0.3, -0.25) is 0 Å². The Labute approximate surface area is 93.3 Å². The van der Waals surface area contributed by atoms with Gasteiger partial charge in [-0.25, -0.2) is 0 Å². The zero-order chi connectivity index (χ0) is 10.7. The van der Waals surface area contributed by atoms with Crippen molar-refractivity contribution >= 4 is 15.9 Å². The maximum atomic E-state index is 9.94. The first kappa shape index (κ1) is 11.7. The molecule has 14 heavy (non-hydrogen) atoms. The summed E-state index contributed by atoms with van der Waals surface area (Å²) in [6, 6.07) is 5.94. The molecule has 0 amide bonds. The van der Waals surface area contributed by atoms with Gasteiger partial charge in [0.2, 0.25) is 0 Å². The Morgan fingerprint density at radius 1 is 1.43 bits per heavy atom. The van der Waals surface area contributed by atoms with Crippen molar-refractivity contribution in [2.45, 2.75) is 20.0 Å². The van der Waals surface area contributed by atoms with E-state index >= 15 is 0 Å². The molecule has 0 spiro atoms. The van der Waals surface area contributed by atoms with Gasteiger partial charge in [-0.05, 0) is 42.6 Å². The predicted octanol–water partition coefficient (Wildman–Crippen LogP) is 2.39. The smallest absolute Gasteiger partial charge is 0.0828 e. The summed E-state index contributed by atoms with van der Waals surface area (Å²) in [6.45, 7) is 4.45. The molecule has 0 saturated carbocycles. The molecule has 78 valence electrons. The molecule has 1 aromatic carbocycles. The van der Waals surface area contributed by atoms with Crippen LogP contribution >= 0.6 is 15.9 Å². The third-order valence-electron chi connectivity index (χ3n) is 2.32. The SMILES string of the molecule is Cc1cc(Br)cc(C(O)C(C)CN)c1. The summed E-state index contributed by atoms with van der Waals surface area (Å²) < 4.78 is 0.996. The molecule has 1 aromatic rings. The summed E-state index contributed by atoms with van der Waals surface area (Å²) in [5, 5.41) is 9.94. The minimum absolute atomic E-state index is 0.0868. The predicted molar refractivity (Wildman–Crippen MR) is 62.1 cm³/mol. The van der Waals surface area contributed by atoms with Crippen LogP contribution in [0.2, 0.25) is 0 Å². The largest absolute Gasteiger partial charge is 0.388 e. The Balaban J connectivity index is 2.94. The van der Waals surface area contributed by atoms with Crippen molar-refractivity contribution < 1.29 is 5.11 Å². The summed E-state index contributed by atoms with van der Waals surface area (Å²) in [6.07, 6.45) is -0.476. The second-order valence-corrected chi connectivity index (χ2v) is 4.64. The van der Waals surface area contributed by atoms with Crippen molar-refractivity contribution in [2.24, 2.45) is 11.7 Å². The van der Waals surface area contributed by atoms with Gasteiger partial charge in [0.15, 0.2) is 0 Å². The van der Waals surface area contributed by atoms with E-state index in [1.807, 2.05) is 32.0 Å². The zero-order valence-corrected chi connectivity index (χ0v) is 10.1. The lowest BCUT2D eigenvalue weighted by atomic mass is 9.96. The lowest BCUT2D eigenvalue weighted by Gasteiger charge is -2.18. The van der Waals surface area contributed by atoms with E-state index in [9.17, 15) is 5.11 Å². The lowest BCUT2D eigenvalue weighted by molar-refractivity contribution is 0.121. The van der Waals surface area contributed by atoms with E-state index in [1.54, 1.807) is 0 Å². The summed E-state index contributed by atoms with van der Waals surface area (Å²) in [5.74, 6) is 0.0868. The molecule has 2 atom stereocenters. The average Bonchev–Trinajstić information content (AvgIpc) is 2.14. The normalized spacial score (nSPS) is 15.2. The monoisotopic (exact) mass is 257 g/mol. The molecular formula is C11H16BrNO. The molecular weight excluding hydrogens is 242 g/mol. The van der Waals surface area contributed by atoms with E-state index in [0.717, 1.165) is 15.6 Å². The number of hydrogen-bond donors (Lipinski definition) is 2. The third kappa shape index (κ3) is 2.80. The molecule has 3 N–H and O–H groups in total. The molecule has 1 rings (SSSR count). The van der Waals surface area contributed by atoms with E-state index in [2.05, 4.69) is 15.9 Å². The molecule has 2 unspecified atom stereocenters. The number of rotatable bonds is 3. The molecule has 0 fully saturated rings.